The minimum absolute atomic E-state index is 0.0836. The molecule has 0 aliphatic carbocycles. The monoisotopic (exact) mass is 428 g/mol. The van der Waals surface area contributed by atoms with Crippen molar-refractivity contribution in [1.29, 1.82) is 0 Å². The Labute approximate surface area is 164 Å². The van der Waals surface area contributed by atoms with Gasteiger partial charge in [0.05, 0.1) is 17.1 Å². The number of para-hydroxylation sites is 1. The minimum Gasteiger partial charge on any atom is -0.375 e. The lowest BCUT2D eigenvalue weighted by Crippen LogP contribution is -2.16. The van der Waals surface area contributed by atoms with Gasteiger partial charge in [-0.25, -0.2) is 22.6 Å². The summed E-state index contributed by atoms with van der Waals surface area (Å²) in [7, 11) is -1.02. The van der Waals surface area contributed by atoms with Crippen molar-refractivity contribution in [3.8, 4) is 16.9 Å². The van der Waals surface area contributed by atoms with Crippen LogP contribution in [-0.2, 0) is 16.2 Å². The third-order valence-electron chi connectivity index (χ3n) is 4.13. The van der Waals surface area contributed by atoms with E-state index >= 15 is 0 Å². The second kappa shape index (κ2) is 7.16. The molecule has 0 aliphatic rings. The first kappa shape index (κ1) is 20.8. The van der Waals surface area contributed by atoms with Crippen LogP contribution in [0.3, 0.4) is 0 Å². The van der Waals surface area contributed by atoms with Gasteiger partial charge in [-0.05, 0) is 30.3 Å². The predicted molar refractivity (Wildman–Crippen MR) is 99.7 cm³/mol. The highest BCUT2D eigenvalue weighted by atomic mass is 32.2. The number of nitrogens with zero attached hydrogens (tertiary/aromatic N) is 3. The Morgan fingerprint density at radius 2 is 1.72 bits per heavy atom. The van der Waals surface area contributed by atoms with Crippen LogP contribution in [0.4, 0.5) is 23.2 Å². The summed E-state index contributed by atoms with van der Waals surface area (Å²) < 4.78 is 78.9. The molecule has 0 amide bonds. The summed E-state index contributed by atoms with van der Waals surface area (Å²) in [4.78, 5) is 1.09. The Kier molecular flexibility index (Phi) is 5.13. The molecule has 0 bridgehead atoms. The molecule has 11 heteroatoms. The fraction of sp³-hybridized carbons (Fsp3) is 0.167. The number of hydrogen-bond acceptors (Lipinski definition) is 4. The molecule has 29 heavy (non-hydrogen) atoms. The normalized spacial score (nSPS) is 12.2. The zero-order valence-electron chi connectivity index (χ0n) is 15.3. The Hall–Kier alpha value is -2.92. The lowest BCUT2D eigenvalue weighted by atomic mass is 10.1. The van der Waals surface area contributed by atoms with Gasteiger partial charge in [0.15, 0.2) is 5.69 Å². The highest BCUT2D eigenvalue weighted by Gasteiger charge is 2.36. The van der Waals surface area contributed by atoms with Crippen LogP contribution in [0.5, 0.6) is 0 Å². The smallest absolute Gasteiger partial charge is 0.375 e. The summed E-state index contributed by atoms with van der Waals surface area (Å²) in [6.45, 7) is 0. The van der Waals surface area contributed by atoms with Crippen LogP contribution in [0, 0.1) is 5.82 Å². The van der Waals surface area contributed by atoms with Gasteiger partial charge in [0, 0.05) is 19.7 Å². The minimum atomic E-state index is -4.79. The Balaban J connectivity index is 2.30. The maximum Gasteiger partial charge on any atom is 0.435 e. The van der Waals surface area contributed by atoms with Gasteiger partial charge in [-0.2, -0.15) is 18.3 Å². The van der Waals surface area contributed by atoms with Crippen molar-refractivity contribution in [3.63, 3.8) is 0 Å². The Morgan fingerprint density at radius 3 is 2.28 bits per heavy atom. The van der Waals surface area contributed by atoms with Gasteiger partial charge in [-0.3, -0.25) is 0 Å². The fourth-order valence-electron chi connectivity index (χ4n) is 2.81. The summed E-state index contributed by atoms with van der Waals surface area (Å²) in [5.41, 5.74) is -1.26. The van der Waals surface area contributed by atoms with Crippen molar-refractivity contribution in [3.05, 3.63) is 60.0 Å². The van der Waals surface area contributed by atoms with E-state index in [-0.39, 0.29) is 22.6 Å². The fourth-order valence-corrected chi connectivity index (χ4v) is 3.52. The van der Waals surface area contributed by atoms with Crippen LogP contribution in [-0.4, -0.2) is 32.3 Å². The molecule has 2 aromatic carbocycles. The summed E-state index contributed by atoms with van der Waals surface area (Å²) in [5.74, 6) is -0.659. The Morgan fingerprint density at radius 1 is 1.07 bits per heavy atom. The molecule has 1 heterocycles. The molecule has 154 valence electrons. The molecule has 3 rings (SSSR count). The molecule has 1 aromatic heterocycles. The average molecular weight is 428 g/mol. The van der Waals surface area contributed by atoms with Gasteiger partial charge in [-0.15, -0.1) is 0 Å². The predicted octanol–water partition coefficient (Wildman–Crippen LogP) is 3.41. The molecule has 0 saturated carbocycles. The van der Waals surface area contributed by atoms with E-state index in [0.29, 0.717) is 0 Å². The lowest BCUT2D eigenvalue weighted by Gasteiger charge is -2.15. The van der Waals surface area contributed by atoms with E-state index in [1.165, 1.54) is 35.2 Å². The average Bonchev–Trinajstić information content (AvgIpc) is 3.06. The van der Waals surface area contributed by atoms with E-state index in [0.717, 1.165) is 22.9 Å². The molecule has 6 nitrogen and oxygen atoms in total. The number of sulfonamides is 1. The SMILES string of the molecule is CN(C)c1ccc(-c2cc(C(F)(F)F)nn2-c2ccccc2S(N)(=O)=O)cc1F. The summed E-state index contributed by atoms with van der Waals surface area (Å²) >= 11 is 0. The molecule has 0 spiro atoms. The van der Waals surface area contributed by atoms with E-state index in [1.54, 1.807) is 14.1 Å². The van der Waals surface area contributed by atoms with E-state index in [9.17, 15) is 26.0 Å². The first-order valence-corrected chi connectivity index (χ1v) is 9.71. The quantitative estimate of drug-likeness (QED) is 0.646. The number of rotatable bonds is 4. The summed E-state index contributed by atoms with van der Waals surface area (Å²) in [6, 6.07) is 9.83. The number of aromatic nitrogens is 2. The molecule has 0 unspecified atom stereocenters. The molecule has 0 radical (unpaired) electrons. The van der Waals surface area contributed by atoms with E-state index in [2.05, 4.69) is 5.10 Å². The van der Waals surface area contributed by atoms with Gasteiger partial charge in [0.25, 0.3) is 0 Å². The van der Waals surface area contributed by atoms with E-state index in [4.69, 9.17) is 5.14 Å². The van der Waals surface area contributed by atoms with Crippen LogP contribution in [0.15, 0.2) is 53.4 Å². The second-order valence-electron chi connectivity index (χ2n) is 6.40. The van der Waals surface area contributed by atoms with Gasteiger partial charge in [-0.1, -0.05) is 18.2 Å². The van der Waals surface area contributed by atoms with Crippen LogP contribution < -0.4 is 10.0 Å². The van der Waals surface area contributed by atoms with Crippen molar-refractivity contribution in [2.75, 3.05) is 19.0 Å². The summed E-state index contributed by atoms with van der Waals surface area (Å²) in [6.07, 6.45) is -4.79. The first-order valence-electron chi connectivity index (χ1n) is 8.16. The number of primary sulfonamides is 1. The number of hydrogen-bond donors (Lipinski definition) is 1. The molecular formula is C18H16F4N4O2S. The second-order valence-corrected chi connectivity index (χ2v) is 7.93. The van der Waals surface area contributed by atoms with Crippen molar-refractivity contribution in [1.82, 2.24) is 9.78 Å². The molecular weight excluding hydrogens is 412 g/mol. The maximum absolute atomic E-state index is 14.4. The highest BCUT2D eigenvalue weighted by Crippen LogP contribution is 2.35. The topological polar surface area (TPSA) is 81.2 Å². The third-order valence-corrected chi connectivity index (χ3v) is 5.08. The summed E-state index contributed by atoms with van der Waals surface area (Å²) in [5, 5.41) is 8.73. The van der Waals surface area contributed by atoms with Crippen LogP contribution in [0.1, 0.15) is 5.69 Å². The molecule has 0 aliphatic heterocycles. The largest absolute Gasteiger partial charge is 0.435 e. The van der Waals surface area contributed by atoms with Gasteiger partial charge in [0.1, 0.15) is 10.7 Å². The van der Waals surface area contributed by atoms with Gasteiger partial charge < -0.3 is 4.90 Å². The first-order chi connectivity index (χ1) is 13.4. The number of nitrogens with two attached hydrogens (primary N) is 1. The molecule has 0 saturated heterocycles. The third kappa shape index (κ3) is 4.10. The van der Waals surface area contributed by atoms with Crippen LogP contribution in [0.25, 0.3) is 16.9 Å². The van der Waals surface area contributed by atoms with Crippen molar-refractivity contribution >= 4 is 15.7 Å². The van der Waals surface area contributed by atoms with E-state index < -0.39 is 32.6 Å². The maximum atomic E-state index is 14.4. The Bertz CT molecular complexity index is 1170. The highest BCUT2D eigenvalue weighted by molar-refractivity contribution is 7.89. The molecule has 3 aromatic rings. The molecule has 2 N–H and O–H groups in total. The van der Waals surface area contributed by atoms with Crippen molar-refractivity contribution in [2.45, 2.75) is 11.1 Å². The van der Waals surface area contributed by atoms with Crippen molar-refractivity contribution < 1.29 is 26.0 Å². The number of anilines is 1. The van der Waals surface area contributed by atoms with Gasteiger partial charge >= 0.3 is 6.18 Å². The van der Waals surface area contributed by atoms with E-state index in [1.807, 2.05) is 0 Å². The molecule has 0 fully saturated rings. The number of halogens is 4. The zero-order chi connectivity index (χ0) is 21.6. The van der Waals surface area contributed by atoms with Crippen LogP contribution >= 0.6 is 0 Å². The molecule has 0 atom stereocenters. The van der Waals surface area contributed by atoms with Crippen molar-refractivity contribution in [2.24, 2.45) is 5.14 Å². The zero-order valence-corrected chi connectivity index (χ0v) is 16.1. The number of alkyl halides is 3. The van der Waals surface area contributed by atoms with Gasteiger partial charge in [0.2, 0.25) is 10.0 Å². The van der Waals surface area contributed by atoms with Crippen LogP contribution in [0.2, 0.25) is 0 Å². The standard InChI is InChI=1S/C18H16F4N4O2S/c1-25(2)13-8-7-11(9-12(13)19)15-10-17(18(20,21)22)24-26(15)14-5-3-4-6-16(14)29(23,27)28/h3-10H,1-2H3,(H2,23,27,28). The lowest BCUT2D eigenvalue weighted by molar-refractivity contribution is -0.141. The number of benzene rings is 2.